The van der Waals surface area contributed by atoms with E-state index in [9.17, 15) is 0 Å². The Kier molecular flexibility index (Phi) is 3.46. The first-order valence-corrected chi connectivity index (χ1v) is 5.98. The van der Waals surface area contributed by atoms with Crippen LogP contribution in [0, 0.1) is 0 Å². The van der Waals surface area contributed by atoms with E-state index in [-0.39, 0.29) is 0 Å². The van der Waals surface area contributed by atoms with Crippen LogP contribution in [0.5, 0.6) is 0 Å². The van der Waals surface area contributed by atoms with E-state index in [1.54, 1.807) is 6.07 Å². The summed E-state index contributed by atoms with van der Waals surface area (Å²) in [6.45, 7) is 0. The predicted molar refractivity (Wildman–Crippen MR) is 75.1 cm³/mol. The summed E-state index contributed by atoms with van der Waals surface area (Å²) >= 11 is 11.9. The Labute approximate surface area is 110 Å². The highest BCUT2D eigenvalue weighted by molar-refractivity contribution is 6.44. The van der Waals surface area contributed by atoms with E-state index in [4.69, 9.17) is 34.7 Å². The van der Waals surface area contributed by atoms with Gasteiger partial charge in [0.05, 0.1) is 0 Å². The van der Waals surface area contributed by atoms with Gasteiger partial charge < -0.3 is 11.5 Å². The zero-order valence-corrected chi connectivity index (χ0v) is 10.5. The van der Waals surface area contributed by atoms with Crippen molar-refractivity contribution in [1.82, 2.24) is 0 Å². The summed E-state index contributed by atoms with van der Waals surface area (Å²) in [5.74, 6) is 0. The first-order valence-electron chi connectivity index (χ1n) is 5.11. The molecule has 0 saturated heterocycles. The Hall–Kier alpha value is -1.38. The van der Waals surface area contributed by atoms with Crippen molar-refractivity contribution in [3.05, 3.63) is 48.0 Å². The van der Waals surface area contributed by atoms with Gasteiger partial charge >= 0.3 is 0 Å². The number of nitrogens with two attached hydrogens (primary N) is 2. The lowest BCUT2D eigenvalue weighted by Crippen LogP contribution is -1.93. The molecule has 4 N–H and O–H groups in total. The molecule has 0 saturated carbocycles. The van der Waals surface area contributed by atoms with Crippen LogP contribution in [0.2, 0.25) is 0 Å². The normalized spacial score (nSPS) is 10.8. The fourth-order valence-corrected chi connectivity index (χ4v) is 2.05. The molecule has 17 heavy (non-hydrogen) atoms. The molecule has 88 valence electrons. The minimum atomic E-state index is -0.606. The molecule has 0 spiro atoms. The van der Waals surface area contributed by atoms with Gasteiger partial charge in [0.1, 0.15) is 4.84 Å². The molecule has 0 atom stereocenters. The number of halogens is 2. The summed E-state index contributed by atoms with van der Waals surface area (Å²) in [6, 6.07) is 13.1. The molecule has 2 rings (SSSR count). The Balaban J connectivity index is 2.54. The highest BCUT2D eigenvalue weighted by atomic mass is 35.5. The highest BCUT2D eigenvalue weighted by Gasteiger charge is 2.11. The SMILES string of the molecule is Nc1ccc(-c2ccc(N)cc2C(Cl)Cl)cc1. The lowest BCUT2D eigenvalue weighted by Gasteiger charge is -2.11. The average Bonchev–Trinajstić information content (AvgIpc) is 2.30. The summed E-state index contributed by atoms with van der Waals surface area (Å²) in [5, 5.41) is 0. The van der Waals surface area contributed by atoms with Gasteiger partial charge in [-0.15, -0.1) is 23.2 Å². The van der Waals surface area contributed by atoms with Crippen LogP contribution < -0.4 is 11.5 Å². The van der Waals surface area contributed by atoms with E-state index in [1.807, 2.05) is 36.4 Å². The van der Waals surface area contributed by atoms with E-state index in [0.29, 0.717) is 5.69 Å². The Morgan fingerprint density at radius 1 is 0.824 bits per heavy atom. The van der Waals surface area contributed by atoms with E-state index in [0.717, 1.165) is 22.4 Å². The third-order valence-corrected chi connectivity index (χ3v) is 3.00. The first kappa shape index (κ1) is 12.1. The molecule has 0 aliphatic carbocycles. The van der Waals surface area contributed by atoms with Crippen molar-refractivity contribution in [3.8, 4) is 11.1 Å². The molecule has 0 bridgehead atoms. The number of hydrogen-bond acceptors (Lipinski definition) is 2. The van der Waals surface area contributed by atoms with Gasteiger partial charge in [-0.1, -0.05) is 18.2 Å². The summed E-state index contributed by atoms with van der Waals surface area (Å²) in [5.41, 5.74) is 15.5. The maximum atomic E-state index is 5.95. The van der Waals surface area contributed by atoms with Crippen molar-refractivity contribution in [2.45, 2.75) is 4.84 Å². The molecule has 0 fully saturated rings. The number of benzene rings is 2. The molecular formula is C13H12Cl2N2. The number of hydrogen-bond donors (Lipinski definition) is 2. The lowest BCUT2D eigenvalue weighted by atomic mass is 10.00. The zero-order valence-electron chi connectivity index (χ0n) is 9.03. The molecule has 0 aliphatic rings. The molecule has 0 aromatic heterocycles. The molecule has 0 radical (unpaired) electrons. The Morgan fingerprint density at radius 3 is 2.00 bits per heavy atom. The van der Waals surface area contributed by atoms with Crippen molar-refractivity contribution in [3.63, 3.8) is 0 Å². The maximum Gasteiger partial charge on any atom is 0.133 e. The number of alkyl halides is 2. The molecule has 0 aliphatic heterocycles. The number of nitrogen functional groups attached to an aromatic ring is 2. The van der Waals surface area contributed by atoms with Crippen molar-refractivity contribution in [1.29, 1.82) is 0 Å². The monoisotopic (exact) mass is 266 g/mol. The summed E-state index contributed by atoms with van der Waals surface area (Å²) in [6.07, 6.45) is 0. The minimum Gasteiger partial charge on any atom is -0.399 e. The van der Waals surface area contributed by atoms with Crippen LogP contribution in [0.25, 0.3) is 11.1 Å². The number of anilines is 2. The fourth-order valence-electron chi connectivity index (χ4n) is 1.69. The van der Waals surface area contributed by atoms with Crippen LogP contribution in [-0.4, -0.2) is 0 Å². The lowest BCUT2D eigenvalue weighted by molar-refractivity contribution is 1.35. The fraction of sp³-hybridized carbons (Fsp3) is 0.0769. The number of rotatable bonds is 2. The van der Waals surface area contributed by atoms with Crippen LogP contribution in [0.3, 0.4) is 0 Å². The molecular weight excluding hydrogens is 255 g/mol. The van der Waals surface area contributed by atoms with Crippen molar-refractivity contribution in [2.75, 3.05) is 11.5 Å². The maximum absolute atomic E-state index is 5.95. The van der Waals surface area contributed by atoms with Gasteiger partial charge in [0.15, 0.2) is 0 Å². The molecule has 0 amide bonds. The van der Waals surface area contributed by atoms with Gasteiger partial charge in [-0.3, -0.25) is 0 Å². The smallest absolute Gasteiger partial charge is 0.133 e. The summed E-state index contributed by atoms with van der Waals surface area (Å²) < 4.78 is 0. The van der Waals surface area contributed by atoms with Gasteiger partial charge in [-0.2, -0.15) is 0 Å². The Morgan fingerprint density at radius 2 is 1.41 bits per heavy atom. The van der Waals surface area contributed by atoms with Crippen LogP contribution in [0.15, 0.2) is 42.5 Å². The summed E-state index contributed by atoms with van der Waals surface area (Å²) in [4.78, 5) is -0.606. The van der Waals surface area contributed by atoms with Crippen LogP contribution in [0.1, 0.15) is 10.4 Å². The average molecular weight is 267 g/mol. The van der Waals surface area contributed by atoms with Crippen LogP contribution >= 0.6 is 23.2 Å². The molecule has 2 aromatic carbocycles. The van der Waals surface area contributed by atoms with E-state index in [1.165, 1.54) is 0 Å². The first-order chi connectivity index (χ1) is 8.08. The second-order valence-electron chi connectivity index (χ2n) is 3.77. The second-order valence-corrected chi connectivity index (χ2v) is 4.87. The quantitative estimate of drug-likeness (QED) is 0.638. The van der Waals surface area contributed by atoms with Crippen molar-refractivity contribution in [2.24, 2.45) is 0 Å². The largest absolute Gasteiger partial charge is 0.399 e. The zero-order chi connectivity index (χ0) is 12.4. The van der Waals surface area contributed by atoms with Gasteiger partial charge in [0.25, 0.3) is 0 Å². The van der Waals surface area contributed by atoms with Crippen LogP contribution in [0.4, 0.5) is 11.4 Å². The van der Waals surface area contributed by atoms with Crippen molar-refractivity contribution < 1.29 is 0 Å². The van der Waals surface area contributed by atoms with Gasteiger partial charge in [0.2, 0.25) is 0 Å². The second kappa shape index (κ2) is 4.86. The van der Waals surface area contributed by atoms with Crippen LogP contribution in [-0.2, 0) is 0 Å². The standard InChI is InChI=1S/C13H12Cl2N2/c14-13(15)12-7-10(17)5-6-11(12)8-1-3-9(16)4-2-8/h1-7,13H,16-17H2. The topological polar surface area (TPSA) is 52.0 Å². The third kappa shape index (κ3) is 2.65. The van der Waals surface area contributed by atoms with E-state index in [2.05, 4.69) is 0 Å². The molecule has 0 unspecified atom stereocenters. The molecule has 0 heterocycles. The van der Waals surface area contributed by atoms with Crippen molar-refractivity contribution >= 4 is 34.6 Å². The third-order valence-electron chi connectivity index (χ3n) is 2.53. The highest BCUT2D eigenvalue weighted by Crippen LogP contribution is 2.35. The van der Waals surface area contributed by atoms with Gasteiger partial charge in [-0.25, -0.2) is 0 Å². The van der Waals surface area contributed by atoms with E-state index >= 15 is 0 Å². The van der Waals surface area contributed by atoms with E-state index < -0.39 is 4.84 Å². The minimum absolute atomic E-state index is 0.606. The molecule has 4 heteroatoms. The Bertz CT molecular complexity index is 521. The summed E-state index contributed by atoms with van der Waals surface area (Å²) in [7, 11) is 0. The van der Waals surface area contributed by atoms with Gasteiger partial charge in [-0.05, 0) is 41.0 Å². The molecule has 2 nitrogen and oxygen atoms in total. The molecule has 2 aromatic rings. The van der Waals surface area contributed by atoms with Gasteiger partial charge in [0, 0.05) is 11.4 Å². The predicted octanol–water partition coefficient (Wildman–Crippen LogP) is 3.99.